The average Bonchev–Trinajstić information content (AvgIpc) is 2.78. The van der Waals surface area contributed by atoms with Crippen molar-refractivity contribution in [2.24, 2.45) is 0 Å². The highest BCUT2D eigenvalue weighted by molar-refractivity contribution is 6.01. The molecule has 1 aromatic rings. The molecular weight excluding hydrogens is 204 g/mol. The Labute approximate surface area is 94.6 Å². The molecular formula is C12H14N2O2. The fraction of sp³-hybridized carbons (Fsp3) is 0.333. The summed E-state index contributed by atoms with van der Waals surface area (Å²) >= 11 is 0. The van der Waals surface area contributed by atoms with E-state index < -0.39 is 0 Å². The van der Waals surface area contributed by atoms with E-state index in [0.717, 1.165) is 6.42 Å². The summed E-state index contributed by atoms with van der Waals surface area (Å²) in [6.45, 7) is 3.85. The van der Waals surface area contributed by atoms with Gasteiger partial charge in [0.15, 0.2) is 0 Å². The number of carbonyl (C=O) groups excluding carboxylic acids is 1. The predicted octanol–water partition coefficient (Wildman–Crippen LogP) is 2.10. The van der Waals surface area contributed by atoms with Gasteiger partial charge in [-0.1, -0.05) is 6.92 Å². The van der Waals surface area contributed by atoms with E-state index in [-0.39, 0.29) is 17.5 Å². The van der Waals surface area contributed by atoms with Crippen molar-refractivity contribution in [1.82, 2.24) is 5.32 Å². The van der Waals surface area contributed by atoms with Crippen LogP contribution in [-0.4, -0.2) is 11.9 Å². The van der Waals surface area contributed by atoms with Crippen molar-refractivity contribution in [2.45, 2.75) is 26.3 Å². The molecule has 0 aliphatic carbocycles. The number of nitrogens with one attached hydrogen (secondary N) is 1. The molecule has 0 bridgehead atoms. The maximum Gasteiger partial charge on any atom is 0.262 e. The van der Waals surface area contributed by atoms with Crippen molar-refractivity contribution in [3.05, 3.63) is 29.7 Å². The van der Waals surface area contributed by atoms with E-state index in [1.54, 1.807) is 12.1 Å². The Morgan fingerprint density at radius 3 is 3.00 bits per heavy atom. The summed E-state index contributed by atoms with van der Waals surface area (Å²) in [5.74, 6) is 0.129. The van der Waals surface area contributed by atoms with Gasteiger partial charge in [0, 0.05) is 12.1 Å². The zero-order valence-electron chi connectivity index (χ0n) is 9.36. The molecule has 0 saturated heterocycles. The number of hydrogen-bond acceptors (Lipinski definition) is 3. The van der Waals surface area contributed by atoms with Crippen molar-refractivity contribution in [3.63, 3.8) is 0 Å². The second kappa shape index (κ2) is 5.76. The van der Waals surface area contributed by atoms with Crippen molar-refractivity contribution < 1.29 is 9.21 Å². The SMILES string of the molecule is CC[C@@H](C)NC(=O)/C(C#N)=C/c1ccco1. The number of furan rings is 1. The molecule has 4 heteroatoms. The highest BCUT2D eigenvalue weighted by Gasteiger charge is 2.11. The second-order valence-electron chi connectivity index (χ2n) is 3.47. The van der Waals surface area contributed by atoms with Crippen molar-refractivity contribution in [3.8, 4) is 6.07 Å². The molecule has 4 nitrogen and oxygen atoms in total. The van der Waals surface area contributed by atoms with E-state index in [9.17, 15) is 4.79 Å². The van der Waals surface area contributed by atoms with Crippen LogP contribution in [0, 0.1) is 11.3 Å². The van der Waals surface area contributed by atoms with Crippen LogP contribution < -0.4 is 5.32 Å². The van der Waals surface area contributed by atoms with Gasteiger partial charge in [-0.25, -0.2) is 0 Å². The minimum absolute atomic E-state index is 0.0512. The topological polar surface area (TPSA) is 66.0 Å². The van der Waals surface area contributed by atoms with Crippen LogP contribution in [0.4, 0.5) is 0 Å². The first-order valence-corrected chi connectivity index (χ1v) is 5.13. The second-order valence-corrected chi connectivity index (χ2v) is 3.47. The van der Waals surface area contributed by atoms with E-state index in [2.05, 4.69) is 5.32 Å². The van der Waals surface area contributed by atoms with Crippen LogP contribution in [-0.2, 0) is 4.79 Å². The minimum Gasteiger partial charge on any atom is -0.465 e. The lowest BCUT2D eigenvalue weighted by atomic mass is 10.2. The number of nitriles is 1. The number of amides is 1. The third-order valence-corrected chi connectivity index (χ3v) is 2.18. The zero-order valence-corrected chi connectivity index (χ0v) is 9.36. The summed E-state index contributed by atoms with van der Waals surface area (Å²) in [7, 11) is 0. The number of nitrogens with zero attached hydrogens (tertiary/aromatic N) is 1. The quantitative estimate of drug-likeness (QED) is 0.621. The molecule has 0 spiro atoms. The first kappa shape index (κ1) is 12.1. The monoisotopic (exact) mass is 218 g/mol. The first-order chi connectivity index (χ1) is 7.67. The molecule has 0 aliphatic heterocycles. The molecule has 16 heavy (non-hydrogen) atoms. The molecule has 1 amide bonds. The summed E-state index contributed by atoms with van der Waals surface area (Å²) in [5.41, 5.74) is 0.0512. The molecule has 1 rings (SSSR count). The van der Waals surface area contributed by atoms with Crippen LogP contribution in [0.1, 0.15) is 26.0 Å². The third-order valence-electron chi connectivity index (χ3n) is 2.18. The molecule has 0 aliphatic rings. The fourth-order valence-electron chi connectivity index (χ4n) is 1.07. The maximum atomic E-state index is 11.6. The van der Waals surface area contributed by atoms with E-state index in [4.69, 9.17) is 9.68 Å². The molecule has 0 fully saturated rings. The molecule has 0 saturated carbocycles. The van der Waals surface area contributed by atoms with Crippen LogP contribution in [0.25, 0.3) is 6.08 Å². The predicted molar refractivity (Wildman–Crippen MR) is 60.2 cm³/mol. The van der Waals surface area contributed by atoms with Gasteiger partial charge < -0.3 is 9.73 Å². The van der Waals surface area contributed by atoms with Gasteiger partial charge in [-0.2, -0.15) is 5.26 Å². The molecule has 1 N–H and O–H groups in total. The Bertz CT molecular complexity index is 413. The van der Waals surface area contributed by atoms with Gasteiger partial charge in [-0.05, 0) is 25.5 Å². The normalized spacial score (nSPS) is 12.9. The largest absolute Gasteiger partial charge is 0.465 e. The number of hydrogen-bond donors (Lipinski definition) is 1. The van der Waals surface area contributed by atoms with E-state index in [0.29, 0.717) is 5.76 Å². The van der Waals surface area contributed by atoms with Crippen LogP contribution in [0.15, 0.2) is 28.4 Å². The Morgan fingerprint density at radius 2 is 2.50 bits per heavy atom. The van der Waals surface area contributed by atoms with Crippen LogP contribution in [0.5, 0.6) is 0 Å². The lowest BCUT2D eigenvalue weighted by Gasteiger charge is -2.09. The molecule has 1 atom stereocenters. The molecule has 1 aromatic heterocycles. The summed E-state index contributed by atoms with van der Waals surface area (Å²) < 4.78 is 5.04. The van der Waals surface area contributed by atoms with Crippen molar-refractivity contribution in [2.75, 3.05) is 0 Å². The molecule has 1 heterocycles. The van der Waals surface area contributed by atoms with E-state index in [1.807, 2.05) is 19.9 Å². The molecule has 0 aromatic carbocycles. The molecule has 84 valence electrons. The van der Waals surface area contributed by atoms with Gasteiger partial charge in [0.05, 0.1) is 6.26 Å². The Hall–Kier alpha value is -2.02. The molecule has 0 unspecified atom stereocenters. The number of carbonyl (C=O) groups is 1. The summed E-state index contributed by atoms with van der Waals surface area (Å²) in [6, 6.07) is 5.31. The van der Waals surface area contributed by atoms with Gasteiger partial charge in [-0.15, -0.1) is 0 Å². The van der Waals surface area contributed by atoms with Crippen LogP contribution >= 0.6 is 0 Å². The Morgan fingerprint density at radius 1 is 1.75 bits per heavy atom. The maximum absolute atomic E-state index is 11.6. The highest BCUT2D eigenvalue weighted by Crippen LogP contribution is 2.07. The third kappa shape index (κ3) is 3.28. The van der Waals surface area contributed by atoms with Gasteiger partial charge >= 0.3 is 0 Å². The van der Waals surface area contributed by atoms with Gasteiger partial charge in [-0.3, -0.25) is 4.79 Å². The molecule has 0 radical (unpaired) electrons. The Balaban J connectivity index is 2.76. The lowest BCUT2D eigenvalue weighted by molar-refractivity contribution is -0.117. The standard InChI is InChI=1S/C12H14N2O2/c1-3-9(2)14-12(15)10(8-13)7-11-5-4-6-16-11/h4-7,9H,3H2,1-2H3,(H,14,15)/b10-7+/t9-/m1/s1. The minimum atomic E-state index is -0.367. The van der Waals surface area contributed by atoms with Crippen LogP contribution in [0.2, 0.25) is 0 Å². The van der Waals surface area contributed by atoms with Crippen molar-refractivity contribution >= 4 is 12.0 Å². The highest BCUT2D eigenvalue weighted by atomic mass is 16.3. The summed E-state index contributed by atoms with van der Waals surface area (Å²) in [4.78, 5) is 11.6. The van der Waals surface area contributed by atoms with Gasteiger partial charge in [0.25, 0.3) is 5.91 Å². The first-order valence-electron chi connectivity index (χ1n) is 5.13. The average molecular weight is 218 g/mol. The van der Waals surface area contributed by atoms with E-state index >= 15 is 0 Å². The smallest absolute Gasteiger partial charge is 0.262 e. The fourth-order valence-corrected chi connectivity index (χ4v) is 1.07. The lowest BCUT2D eigenvalue weighted by Crippen LogP contribution is -2.32. The summed E-state index contributed by atoms with van der Waals surface area (Å²) in [5, 5.41) is 11.6. The van der Waals surface area contributed by atoms with Gasteiger partial charge in [0.2, 0.25) is 0 Å². The van der Waals surface area contributed by atoms with Gasteiger partial charge in [0.1, 0.15) is 17.4 Å². The zero-order chi connectivity index (χ0) is 12.0. The van der Waals surface area contributed by atoms with Crippen LogP contribution in [0.3, 0.4) is 0 Å². The van der Waals surface area contributed by atoms with Crippen molar-refractivity contribution in [1.29, 1.82) is 5.26 Å². The summed E-state index contributed by atoms with van der Waals surface area (Å²) in [6.07, 6.45) is 3.75. The Kier molecular flexibility index (Phi) is 4.34. The van der Waals surface area contributed by atoms with E-state index in [1.165, 1.54) is 12.3 Å². The number of rotatable bonds is 4.